The fraction of sp³-hybridized carbons (Fsp3) is 0.814. The lowest BCUT2D eigenvalue weighted by Crippen LogP contribution is -2.60. The van der Waals surface area contributed by atoms with E-state index in [0.29, 0.717) is 6.42 Å². The number of rotatable bonds is 48. The van der Waals surface area contributed by atoms with Crippen LogP contribution in [0.25, 0.3) is 0 Å². The van der Waals surface area contributed by atoms with E-state index in [1.54, 1.807) is 6.08 Å². The van der Waals surface area contributed by atoms with Crippen molar-refractivity contribution in [3.05, 3.63) is 60.8 Å². The summed E-state index contributed by atoms with van der Waals surface area (Å²) in [4.78, 5) is 13.0. The lowest BCUT2D eigenvalue weighted by Gasteiger charge is -2.40. The van der Waals surface area contributed by atoms with Crippen molar-refractivity contribution in [3.8, 4) is 0 Å². The van der Waals surface area contributed by atoms with Crippen molar-refractivity contribution in [1.29, 1.82) is 0 Å². The first-order valence-corrected chi connectivity index (χ1v) is 28.5. The van der Waals surface area contributed by atoms with Gasteiger partial charge in [0.05, 0.1) is 25.4 Å². The fourth-order valence-corrected chi connectivity index (χ4v) is 8.85. The largest absolute Gasteiger partial charge is 0.394 e. The molecule has 0 bridgehead atoms. The summed E-state index contributed by atoms with van der Waals surface area (Å²) in [6, 6.07) is -0.804. The summed E-state index contributed by atoms with van der Waals surface area (Å²) in [6.07, 6.45) is 58.6. The first kappa shape index (κ1) is 63.9. The molecule has 9 nitrogen and oxygen atoms in total. The number of hydrogen-bond donors (Lipinski definition) is 6. The minimum absolute atomic E-state index is 0.176. The smallest absolute Gasteiger partial charge is 0.220 e. The van der Waals surface area contributed by atoms with Gasteiger partial charge in [0.2, 0.25) is 5.91 Å². The molecule has 396 valence electrons. The van der Waals surface area contributed by atoms with Crippen LogP contribution in [0, 0.1) is 0 Å². The molecule has 1 saturated heterocycles. The fourth-order valence-electron chi connectivity index (χ4n) is 8.85. The van der Waals surface area contributed by atoms with Crippen molar-refractivity contribution in [2.24, 2.45) is 0 Å². The molecule has 7 unspecified atom stereocenters. The highest BCUT2D eigenvalue weighted by atomic mass is 16.7. The Kier molecular flexibility index (Phi) is 45.6. The number of amides is 1. The van der Waals surface area contributed by atoms with E-state index in [9.17, 15) is 30.3 Å². The minimum atomic E-state index is -1.57. The number of allylic oxidation sites excluding steroid dienone is 9. The maximum absolute atomic E-state index is 13.0. The molecule has 0 aromatic carbocycles. The van der Waals surface area contributed by atoms with Crippen molar-refractivity contribution >= 4 is 5.91 Å². The summed E-state index contributed by atoms with van der Waals surface area (Å²) in [5, 5.41) is 54.4. The molecule has 68 heavy (non-hydrogen) atoms. The lowest BCUT2D eigenvalue weighted by molar-refractivity contribution is -0.302. The summed E-state index contributed by atoms with van der Waals surface area (Å²) in [5.41, 5.74) is 0. The van der Waals surface area contributed by atoms with Gasteiger partial charge in [0.15, 0.2) is 6.29 Å². The van der Waals surface area contributed by atoms with Gasteiger partial charge in [-0.3, -0.25) is 4.79 Å². The molecule has 1 aliphatic rings. The zero-order valence-corrected chi connectivity index (χ0v) is 43.9. The highest BCUT2D eigenvalue weighted by Gasteiger charge is 2.44. The maximum Gasteiger partial charge on any atom is 0.220 e. The quantitative estimate of drug-likeness (QED) is 0.0261. The van der Waals surface area contributed by atoms with E-state index in [2.05, 4.69) is 67.8 Å². The molecule has 1 fully saturated rings. The number of unbranched alkanes of at least 4 members (excludes halogenated alkanes) is 30. The molecule has 1 rings (SSSR count). The summed E-state index contributed by atoms with van der Waals surface area (Å²) in [7, 11) is 0. The predicted molar refractivity (Wildman–Crippen MR) is 286 cm³/mol. The molecule has 0 saturated carbocycles. The van der Waals surface area contributed by atoms with Crippen molar-refractivity contribution in [2.45, 2.75) is 294 Å². The summed E-state index contributed by atoms with van der Waals surface area (Å²) in [6.45, 7) is 3.67. The van der Waals surface area contributed by atoms with Crippen LogP contribution in [-0.2, 0) is 14.3 Å². The van der Waals surface area contributed by atoms with Gasteiger partial charge in [-0.2, -0.15) is 0 Å². The average Bonchev–Trinajstić information content (AvgIpc) is 3.34. The second-order valence-corrected chi connectivity index (χ2v) is 19.7. The Bertz CT molecular complexity index is 1250. The average molecular weight is 959 g/mol. The predicted octanol–water partition coefficient (Wildman–Crippen LogP) is 13.9. The molecule has 0 aliphatic carbocycles. The van der Waals surface area contributed by atoms with Crippen LogP contribution in [0.15, 0.2) is 60.8 Å². The number of nitrogens with one attached hydrogen (secondary N) is 1. The van der Waals surface area contributed by atoms with Crippen LogP contribution >= 0.6 is 0 Å². The van der Waals surface area contributed by atoms with Crippen LogP contribution in [0.3, 0.4) is 0 Å². The lowest BCUT2D eigenvalue weighted by atomic mass is 9.99. The monoisotopic (exact) mass is 958 g/mol. The Morgan fingerprint density at radius 3 is 1.35 bits per heavy atom. The van der Waals surface area contributed by atoms with E-state index < -0.39 is 49.5 Å². The molecular weight excluding hydrogens is 851 g/mol. The van der Waals surface area contributed by atoms with Gasteiger partial charge >= 0.3 is 0 Å². The van der Waals surface area contributed by atoms with Crippen LogP contribution in [0.5, 0.6) is 0 Å². The molecule has 1 heterocycles. The van der Waals surface area contributed by atoms with Gasteiger partial charge < -0.3 is 40.3 Å². The Labute approximate surface area is 417 Å². The standard InChI is InChI=1S/C59H107NO8/c1-3-5-7-9-11-13-15-17-19-20-21-22-23-24-25-26-27-28-29-30-31-32-33-34-35-37-39-41-43-45-47-49-55(63)60-52(51-67-59-58(66)57(65)56(64)54(50-61)68-59)53(62)48-46-44-42-40-38-36-18-16-14-12-10-8-6-4-2/h5,7,11,13,17,19,21-22,46,48,52-54,56-59,61-62,64-66H,3-4,6,8-10,12,14-16,18,20,23-45,47,49-51H2,1-2H3,(H,60,63)/b7-5-,13-11-,19-17-,22-21-,48-46+. The SMILES string of the molecule is CC/C=C\C/C=C\C/C=C\C/C=C\CCCCCCCCCCCCCCCCCCCCC(=O)NC(COC1OC(CO)C(O)C(O)C1O)C(O)/C=C/CCCCCCCCCCCCCC. The molecular formula is C59H107NO8. The number of aliphatic hydroxyl groups excluding tert-OH is 5. The summed E-state index contributed by atoms with van der Waals surface area (Å²) >= 11 is 0. The highest BCUT2D eigenvalue weighted by Crippen LogP contribution is 2.23. The second kappa shape index (κ2) is 48.5. The summed E-state index contributed by atoms with van der Waals surface area (Å²) in [5.74, 6) is -0.176. The van der Waals surface area contributed by atoms with Crippen LogP contribution in [0.2, 0.25) is 0 Å². The molecule has 1 aliphatic heterocycles. The van der Waals surface area contributed by atoms with Crippen molar-refractivity contribution < 1.29 is 39.8 Å². The number of carbonyl (C=O) groups excluding carboxylic acids is 1. The summed E-state index contributed by atoms with van der Waals surface area (Å²) < 4.78 is 11.3. The van der Waals surface area contributed by atoms with E-state index in [4.69, 9.17) is 9.47 Å². The van der Waals surface area contributed by atoms with Crippen molar-refractivity contribution in [3.63, 3.8) is 0 Å². The first-order valence-electron chi connectivity index (χ1n) is 28.5. The van der Waals surface area contributed by atoms with Crippen LogP contribution in [-0.4, -0.2) is 87.5 Å². The van der Waals surface area contributed by atoms with Crippen LogP contribution < -0.4 is 5.32 Å². The molecule has 0 aromatic rings. The molecule has 0 spiro atoms. The zero-order valence-electron chi connectivity index (χ0n) is 43.9. The van der Waals surface area contributed by atoms with Crippen molar-refractivity contribution in [1.82, 2.24) is 5.32 Å². The molecule has 6 N–H and O–H groups in total. The Balaban J connectivity index is 2.15. The third-order valence-corrected chi connectivity index (χ3v) is 13.3. The van der Waals surface area contributed by atoms with E-state index in [1.807, 2.05) is 6.08 Å². The van der Waals surface area contributed by atoms with Crippen molar-refractivity contribution in [2.75, 3.05) is 13.2 Å². The first-order chi connectivity index (χ1) is 33.3. The number of ether oxygens (including phenoxy) is 2. The third-order valence-electron chi connectivity index (χ3n) is 13.3. The molecule has 0 aromatic heterocycles. The second-order valence-electron chi connectivity index (χ2n) is 19.7. The van der Waals surface area contributed by atoms with E-state index >= 15 is 0 Å². The normalized spacial score (nSPS) is 20.0. The van der Waals surface area contributed by atoms with Gasteiger partial charge in [0.25, 0.3) is 0 Å². The van der Waals surface area contributed by atoms with Gasteiger partial charge in [0.1, 0.15) is 24.4 Å². The molecule has 1 amide bonds. The van der Waals surface area contributed by atoms with Crippen LogP contribution in [0.4, 0.5) is 0 Å². The topological polar surface area (TPSA) is 149 Å². The maximum atomic E-state index is 13.0. The zero-order chi connectivity index (χ0) is 49.4. The third kappa shape index (κ3) is 37.7. The van der Waals surface area contributed by atoms with Gasteiger partial charge in [-0.1, -0.05) is 248 Å². The highest BCUT2D eigenvalue weighted by molar-refractivity contribution is 5.76. The van der Waals surface area contributed by atoms with E-state index in [1.165, 1.54) is 167 Å². The van der Waals surface area contributed by atoms with Gasteiger partial charge in [-0.05, 0) is 57.8 Å². The van der Waals surface area contributed by atoms with Gasteiger partial charge in [-0.15, -0.1) is 0 Å². The van der Waals surface area contributed by atoms with Gasteiger partial charge in [0, 0.05) is 6.42 Å². The number of aliphatic hydroxyl groups is 5. The molecule has 7 atom stereocenters. The van der Waals surface area contributed by atoms with Crippen LogP contribution in [0.1, 0.15) is 251 Å². The Morgan fingerprint density at radius 1 is 0.515 bits per heavy atom. The number of hydrogen-bond acceptors (Lipinski definition) is 8. The van der Waals surface area contributed by atoms with Gasteiger partial charge in [-0.25, -0.2) is 0 Å². The molecule has 9 heteroatoms. The Hall–Kier alpha value is -2.11. The number of carbonyl (C=O) groups is 1. The molecule has 0 radical (unpaired) electrons. The van der Waals surface area contributed by atoms with E-state index in [0.717, 1.165) is 64.2 Å². The van der Waals surface area contributed by atoms with E-state index in [-0.39, 0.29) is 12.5 Å². The minimum Gasteiger partial charge on any atom is -0.394 e. The Morgan fingerprint density at radius 2 is 0.912 bits per heavy atom.